The summed E-state index contributed by atoms with van der Waals surface area (Å²) in [5.41, 5.74) is 1.01. The van der Waals surface area contributed by atoms with Crippen LogP contribution in [0, 0.1) is 0 Å². The zero-order valence-electron chi connectivity index (χ0n) is 12.5. The van der Waals surface area contributed by atoms with Gasteiger partial charge in [-0.25, -0.2) is 0 Å². The van der Waals surface area contributed by atoms with Crippen LogP contribution in [0.15, 0.2) is 12.1 Å². The molecule has 1 aliphatic carbocycles. The van der Waals surface area contributed by atoms with E-state index in [0.29, 0.717) is 30.3 Å². The molecule has 0 aliphatic heterocycles. The molecule has 20 heavy (non-hydrogen) atoms. The maximum Gasteiger partial charge on any atom is 0.314 e. The number of benzene rings is 1. The summed E-state index contributed by atoms with van der Waals surface area (Å²) in [5.74, 6) is 0.699. The van der Waals surface area contributed by atoms with Gasteiger partial charge in [0.25, 0.3) is 0 Å². The first-order valence-corrected chi connectivity index (χ1v) is 6.96. The third-order valence-electron chi connectivity index (χ3n) is 4.30. The quantitative estimate of drug-likeness (QED) is 0.897. The molecule has 0 saturated heterocycles. The summed E-state index contributed by atoms with van der Waals surface area (Å²) in [4.78, 5) is 11.8. The zero-order valence-corrected chi connectivity index (χ0v) is 12.5. The maximum absolute atomic E-state index is 11.8. The van der Waals surface area contributed by atoms with E-state index in [-0.39, 0.29) is 0 Å². The predicted octanol–water partition coefficient (Wildman–Crippen LogP) is 3.33. The van der Waals surface area contributed by atoms with Crippen molar-refractivity contribution >= 4 is 5.97 Å². The van der Waals surface area contributed by atoms with E-state index < -0.39 is 11.4 Å². The van der Waals surface area contributed by atoms with Crippen LogP contribution < -0.4 is 9.47 Å². The number of methoxy groups -OCH3 is 2. The van der Waals surface area contributed by atoms with Crippen molar-refractivity contribution in [3.63, 3.8) is 0 Å². The number of rotatable bonds is 5. The Morgan fingerprint density at radius 3 is 2.25 bits per heavy atom. The number of hydrogen-bond donors (Lipinski definition) is 1. The molecule has 1 saturated carbocycles. The van der Waals surface area contributed by atoms with E-state index in [1.165, 1.54) is 0 Å². The summed E-state index contributed by atoms with van der Waals surface area (Å²) in [6, 6.07) is 3.90. The molecule has 0 bridgehead atoms. The summed E-state index contributed by atoms with van der Waals surface area (Å²) in [5, 5.41) is 9.65. The van der Waals surface area contributed by atoms with Crippen LogP contribution in [0.1, 0.15) is 50.2 Å². The molecule has 0 spiro atoms. The minimum absolute atomic E-state index is 0.305. The highest BCUT2D eigenvalue weighted by Gasteiger charge is 2.48. The third-order valence-corrected chi connectivity index (χ3v) is 4.30. The summed E-state index contributed by atoms with van der Waals surface area (Å²) in [7, 11) is 3.14. The molecular formula is C16H22O4. The molecule has 0 atom stereocenters. The molecule has 0 aromatic heterocycles. The molecular weight excluding hydrogens is 256 g/mol. The minimum atomic E-state index is -0.816. The lowest BCUT2D eigenvalue weighted by Crippen LogP contribution is -2.42. The van der Waals surface area contributed by atoms with Crippen molar-refractivity contribution in [2.45, 2.75) is 44.4 Å². The Balaban J connectivity index is 2.66. The molecule has 0 unspecified atom stereocenters. The van der Waals surface area contributed by atoms with Crippen LogP contribution in [0.5, 0.6) is 11.5 Å². The molecule has 0 heterocycles. The number of ether oxygens (including phenoxy) is 2. The van der Waals surface area contributed by atoms with Crippen LogP contribution in [0.2, 0.25) is 0 Å². The Labute approximate surface area is 119 Å². The van der Waals surface area contributed by atoms with Gasteiger partial charge in [0.05, 0.1) is 19.6 Å². The Morgan fingerprint density at radius 2 is 1.90 bits per heavy atom. The molecule has 1 N–H and O–H groups in total. The lowest BCUT2D eigenvalue weighted by molar-refractivity contribution is -0.147. The first kappa shape index (κ1) is 14.7. The Morgan fingerprint density at radius 1 is 1.25 bits per heavy atom. The second-order valence-electron chi connectivity index (χ2n) is 5.70. The Bertz CT molecular complexity index is 515. The Kier molecular flexibility index (Phi) is 3.93. The van der Waals surface area contributed by atoms with E-state index >= 15 is 0 Å². The predicted molar refractivity (Wildman–Crippen MR) is 76.8 cm³/mol. The first-order valence-electron chi connectivity index (χ1n) is 6.96. The van der Waals surface area contributed by atoms with E-state index in [9.17, 15) is 9.90 Å². The monoisotopic (exact) mass is 278 g/mol. The average Bonchev–Trinajstić information content (AvgIpc) is 2.35. The lowest BCUT2D eigenvalue weighted by Gasteiger charge is -2.39. The molecule has 4 nitrogen and oxygen atoms in total. The van der Waals surface area contributed by atoms with Crippen molar-refractivity contribution in [1.82, 2.24) is 0 Å². The van der Waals surface area contributed by atoms with Gasteiger partial charge in [0.1, 0.15) is 0 Å². The van der Waals surface area contributed by atoms with Gasteiger partial charge in [-0.1, -0.05) is 26.3 Å². The highest BCUT2D eigenvalue weighted by atomic mass is 16.5. The van der Waals surface area contributed by atoms with E-state index in [2.05, 4.69) is 13.8 Å². The summed E-state index contributed by atoms with van der Waals surface area (Å²) < 4.78 is 10.8. The van der Waals surface area contributed by atoms with Crippen LogP contribution in [-0.2, 0) is 10.2 Å². The van der Waals surface area contributed by atoms with Gasteiger partial charge in [-0.15, -0.1) is 0 Å². The fourth-order valence-corrected chi connectivity index (χ4v) is 2.80. The SMILES string of the molecule is COc1cc(C(C)C)cc(C2(C(=O)O)CCC2)c1OC. The normalized spacial score (nSPS) is 16.6. The molecule has 1 aromatic rings. The second kappa shape index (κ2) is 5.35. The molecule has 1 aliphatic rings. The minimum Gasteiger partial charge on any atom is -0.493 e. The van der Waals surface area contributed by atoms with Crippen molar-refractivity contribution in [1.29, 1.82) is 0 Å². The van der Waals surface area contributed by atoms with Crippen molar-refractivity contribution < 1.29 is 19.4 Å². The molecule has 2 rings (SSSR count). The molecule has 1 fully saturated rings. The standard InChI is InChI=1S/C16H22O4/c1-10(2)11-8-12(14(20-4)13(9-11)19-3)16(15(17)18)6-5-7-16/h8-10H,5-7H2,1-4H3,(H,17,18). The molecule has 110 valence electrons. The Hall–Kier alpha value is -1.71. The first-order chi connectivity index (χ1) is 9.46. The molecule has 0 radical (unpaired) electrons. The van der Waals surface area contributed by atoms with Gasteiger partial charge in [0.15, 0.2) is 11.5 Å². The van der Waals surface area contributed by atoms with Gasteiger partial charge < -0.3 is 14.6 Å². The average molecular weight is 278 g/mol. The fourth-order valence-electron chi connectivity index (χ4n) is 2.80. The van der Waals surface area contributed by atoms with E-state index in [1.807, 2.05) is 12.1 Å². The topological polar surface area (TPSA) is 55.8 Å². The number of carbonyl (C=O) groups is 1. The van der Waals surface area contributed by atoms with E-state index in [0.717, 1.165) is 17.5 Å². The van der Waals surface area contributed by atoms with Gasteiger partial charge >= 0.3 is 5.97 Å². The van der Waals surface area contributed by atoms with Crippen LogP contribution >= 0.6 is 0 Å². The second-order valence-corrected chi connectivity index (χ2v) is 5.70. The van der Waals surface area contributed by atoms with Gasteiger partial charge in [-0.05, 0) is 30.4 Å². The largest absolute Gasteiger partial charge is 0.493 e. The van der Waals surface area contributed by atoms with Crippen LogP contribution in [0.4, 0.5) is 0 Å². The van der Waals surface area contributed by atoms with Gasteiger partial charge in [-0.2, -0.15) is 0 Å². The van der Waals surface area contributed by atoms with Crippen molar-refractivity contribution in [3.8, 4) is 11.5 Å². The molecule has 0 amide bonds. The van der Waals surface area contributed by atoms with Crippen molar-refractivity contribution in [3.05, 3.63) is 23.3 Å². The van der Waals surface area contributed by atoms with Crippen LogP contribution in [0.25, 0.3) is 0 Å². The number of carboxylic acids is 1. The highest BCUT2D eigenvalue weighted by molar-refractivity contribution is 5.84. The number of aliphatic carboxylic acids is 1. The number of hydrogen-bond acceptors (Lipinski definition) is 3. The summed E-state index contributed by atoms with van der Waals surface area (Å²) in [6.07, 6.45) is 2.25. The van der Waals surface area contributed by atoms with Crippen LogP contribution in [0.3, 0.4) is 0 Å². The van der Waals surface area contributed by atoms with Gasteiger partial charge in [0, 0.05) is 5.56 Å². The lowest BCUT2D eigenvalue weighted by atomic mass is 9.63. The summed E-state index contributed by atoms with van der Waals surface area (Å²) >= 11 is 0. The van der Waals surface area contributed by atoms with E-state index in [4.69, 9.17) is 9.47 Å². The van der Waals surface area contributed by atoms with E-state index in [1.54, 1.807) is 14.2 Å². The third kappa shape index (κ3) is 2.13. The maximum atomic E-state index is 11.8. The van der Waals surface area contributed by atoms with Crippen molar-refractivity contribution in [2.24, 2.45) is 0 Å². The number of carboxylic acid groups (broad SMARTS) is 1. The molecule has 1 aromatic carbocycles. The fraction of sp³-hybridized carbons (Fsp3) is 0.562. The van der Waals surface area contributed by atoms with Crippen molar-refractivity contribution in [2.75, 3.05) is 14.2 Å². The smallest absolute Gasteiger partial charge is 0.314 e. The highest BCUT2D eigenvalue weighted by Crippen LogP contribution is 2.50. The van der Waals surface area contributed by atoms with Gasteiger partial charge in [-0.3, -0.25) is 4.79 Å². The summed E-state index contributed by atoms with van der Waals surface area (Å²) in [6.45, 7) is 4.17. The zero-order chi connectivity index (χ0) is 14.9. The van der Waals surface area contributed by atoms with Gasteiger partial charge in [0.2, 0.25) is 0 Å². The molecule has 4 heteroatoms. The van der Waals surface area contributed by atoms with Crippen LogP contribution in [-0.4, -0.2) is 25.3 Å².